The number of amides is 1. The predicted octanol–water partition coefficient (Wildman–Crippen LogP) is -0.109. The molecule has 0 bridgehead atoms. The molecule has 0 rings (SSSR count). The zero-order chi connectivity index (χ0) is 11.9. The second-order valence-corrected chi connectivity index (χ2v) is 4.01. The topological polar surface area (TPSA) is 73.6 Å². The Bertz CT molecular complexity index is 195. The summed E-state index contributed by atoms with van der Waals surface area (Å²) in [4.78, 5) is 11.5. The predicted molar refractivity (Wildman–Crippen MR) is 58.6 cm³/mol. The molecule has 90 valence electrons. The lowest BCUT2D eigenvalue weighted by molar-refractivity contribution is -0.141. The van der Waals surface area contributed by atoms with Crippen molar-refractivity contribution in [1.29, 1.82) is 0 Å². The molecule has 0 fully saturated rings. The van der Waals surface area contributed by atoms with Crippen LogP contribution < -0.4 is 11.1 Å². The van der Waals surface area contributed by atoms with Crippen molar-refractivity contribution >= 4 is 5.91 Å². The van der Waals surface area contributed by atoms with E-state index in [0.717, 1.165) is 0 Å². The minimum Gasteiger partial charge on any atom is -0.383 e. The Hall–Kier alpha value is -0.650. The van der Waals surface area contributed by atoms with E-state index in [1.807, 2.05) is 13.8 Å². The van der Waals surface area contributed by atoms with E-state index >= 15 is 0 Å². The van der Waals surface area contributed by atoms with Crippen molar-refractivity contribution in [1.82, 2.24) is 5.32 Å². The number of nitrogens with two attached hydrogens (primary N) is 1. The van der Waals surface area contributed by atoms with Crippen LogP contribution in [0.3, 0.4) is 0 Å². The minimum atomic E-state index is -0.500. The summed E-state index contributed by atoms with van der Waals surface area (Å²) in [6.07, 6.45) is -0.500. The zero-order valence-electron chi connectivity index (χ0n) is 10.0. The molecule has 0 aliphatic carbocycles. The van der Waals surface area contributed by atoms with E-state index in [0.29, 0.717) is 19.7 Å². The number of ether oxygens (including phenoxy) is 2. The smallest absolute Gasteiger partial charge is 0.248 e. The first-order chi connectivity index (χ1) is 6.93. The lowest BCUT2D eigenvalue weighted by atomic mass is 10.1. The van der Waals surface area contributed by atoms with Crippen molar-refractivity contribution in [3.05, 3.63) is 0 Å². The largest absolute Gasteiger partial charge is 0.383 e. The van der Waals surface area contributed by atoms with Gasteiger partial charge in [0, 0.05) is 20.2 Å². The molecule has 0 saturated carbocycles. The summed E-state index contributed by atoms with van der Waals surface area (Å²) in [6.45, 7) is 6.78. The first-order valence-electron chi connectivity index (χ1n) is 5.07. The molecule has 0 saturated heterocycles. The van der Waals surface area contributed by atoms with Crippen LogP contribution in [0.2, 0.25) is 0 Å². The van der Waals surface area contributed by atoms with E-state index < -0.39 is 11.7 Å². The van der Waals surface area contributed by atoms with Crippen LogP contribution in [-0.2, 0) is 14.3 Å². The van der Waals surface area contributed by atoms with E-state index in [2.05, 4.69) is 5.32 Å². The van der Waals surface area contributed by atoms with E-state index in [1.165, 1.54) is 0 Å². The third-order valence-corrected chi connectivity index (χ3v) is 1.96. The second kappa shape index (κ2) is 6.76. The van der Waals surface area contributed by atoms with Crippen molar-refractivity contribution in [2.24, 2.45) is 5.73 Å². The third kappa shape index (κ3) is 6.43. The van der Waals surface area contributed by atoms with Crippen LogP contribution in [0.5, 0.6) is 0 Å². The molecule has 5 heteroatoms. The lowest BCUT2D eigenvalue weighted by Crippen LogP contribution is -2.44. The molecule has 0 aromatic heterocycles. The normalized spacial score (nSPS) is 13.7. The molecule has 0 heterocycles. The highest BCUT2D eigenvalue weighted by Gasteiger charge is 2.23. The number of nitrogens with one attached hydrogen (secondary N) is 1. The van der Waals surface area contributed by atoms with Crippen molar-refractivity contribution in [3.8, 4) is 0 Å². The molecule has 1 unspecified atom stereocenters. The number of hydrogen-bond acceptors (Lipinski definition) is 4. The number of methoxy groups -OCH3 is 1. The number of carbonyl (C=O) groups is 1. The van der Waals surface area contributed by atoms with E-state index in [1.54, 1.807) is 14.0 Å². The quantitative estimate of drug-likeness (QED) is 0.585. The van der Waals surface area contributed by atoms with Crippen molar-refractivity contribution in [3.63, 3.8) is 0 Å². The van der Waals surface area contributed by atoms with Crippen LogP contribution in [0.4, 0.5) is 0 Å². The van der Waals surface area contributed by atoms with Gasteiger partial charge in [0.05, 0.1) is 12.2 Å². The van der Waals surface area contributed by atoms with Gasteiger partial charge in [-0.05, 0) is 20.8 Å². The van der Waals surface area contributed by atoms with Gasteiger partial charge in [-0.15, -0.1) is 0 Å². The van der Waals surface area contributed by atoms with E-state index in [4.69, 9.17) is 15.2 Å². The van der Waals surface area contributed by atoms with Gasteiger partial charge in [0.2, 0.25) is 5.91 Å². The maximum Gasteiger partial charge on any atom is 0.248 e. The SMILES string of the molecule is COCCNC(=O)C(C)OC(C)(C)CN. The molecule has 0 radical (unpaired) electrons. The lowest BCUT2D eigenvalue weighted by Gasteiger charge is -2.27. The van der Waals surface area contributed by atoms with Gasteiger partial charge < -0.3 is 20.5 Å². The van der Waals surface area contributed by atoms with Gasteiger partial charge in [-0.25, -0.2) is 0 Å². The average molecular weight is 218 g/mol. The van der Waals surface area contributed by atoms with Gasteiger partial charge in [0.25, 0.3) is 0 Å². The molecule has 0 aromatic rings. The summed E-state index contributed by atoms with van der Waals surface area (Å²) in [6, 6.07) is 0. The molecule has 15 heavy (non-hydrogen) atoms. The Morgan fingerprint density at radius 1 is 1.53 bits per heavy atom. The average Bonchev–Trinajstić information content (AvgIpc) is 2.17. The summed E-state index contributed by atoms with van der Waals surface area (Å²) < 4.78 is 10.3. The third-order valence-electron chi connectivity index (χ3n) is 1.96. The fourth-order valence-corrected chi connectivity index (χ4v) is 1.00. The zero-order valence-corrected chi connectivity index (χ0v) is 10.0. The molecule has 5 nitrogen and oxygen atoms in total. The molecule has 0 aliphatic rings. The summed E-state index contributed by atoms with van der Waals surface area (Å²) >= 11 is 0. The van der Waals surface area contributed by atoms with Crippen LogP contribution in [0, 0.1) is 0 Å². The van der Waals surface area contributed by atoms with Crippen molar-refractivity contribution in [2.45, 2.75) is 32.5 Å². The highest BCUT2D eigenvalue weighted by Crippen LogP contribution is 2.10. The van der Waals surface area contributed by atoms with E-state index in [-0.39, 0.29) is 5.91 Å². The van der Waals surface area contributed by atoms with Gasteiger partial charge >= 0.3 is 0 Å². The Labute approximate surface area is 91.3 Å². The molecule has 0 aliphatic heterocycles. The first-order valence-corrected chi connectivity index (χ1v) is 5.07. The molecule has 0 aromatic carbocycles. The number of carbonyl (C=O) groups excluding carboxylic acids is 1. The fourth-order valence-electron chi connectivity index (χ4n) is 1.00. The Balaban J connectivity index is 3.88. The molecule has 1 amide bonds. The summed E-state index contributed by atoms with van der Waals surface area (Å²) in [5.41, 5.74) is 5.03. The minimum absolute atomic E-state index is 0.145. The maximum atomic E-state index is 11.5. The van der Waals surface area contributed by atoms with E-state index in [9.17, 15) is 4.79 Å². The monoisotopic (exact) mass is 218 g/mol. The number of hydrogen-bond donors (Lipinski definition) is 2. The molecule has 3 N–H and O–H groups in total. The summed E-state index contributed by atoms with van der Waals surface area (Å²) in [5.74, 6) is -0.145. The van der Waals surface area contributed by atoms with Gasteiger partial charge in [0.15, 0.2) is 0 Å². The van der Waals surface area contributed by atoms with Crippen LogP contribution in [0.15, 0.2) is 0 Å². The van der Waals surface area contributed by atoms with Crippen LogP contribution in [0.1, 0.15) is 20.8 Å². The Morgan fingerprint density at radius 3 is 2.60 bits per heavy atom. The highest BCUT2D eigenvalue weighted by molar-refractivity contribution is 5.80. The van der Waals surface area contributed by atoms with Crippen LogP contribution >= 0.6 is 0 Å². The maximum absolute atomic E-state index is 11.5. The number of rotatable bonds is 7. The molecule has 1 atom stereocenters. The summed E-state index contributed by atoms with van der Waals surface area (Å²) in [5, 5.41) is 2.70. The standard InChI is InChI=1S/C10H22N2O3/c1-8(15-10(2,3)7-11)9(13)12-5-6-14-4/h8H,5-7,11H2,1-4H3,(H,12,13). The second-order valence-electron chi connectivity index (χ2n) is 4.01. The first kappa shape index (κ1) is 14.3. The van der Waals surface area contributed by atoms with Crippen molar-refractivity contribution in [2.75, 3.05) is 26.8 Å². The molecular weight excluding hydrogens is 196 g/mol. The fraction of sp³-hybridized carbons (Fsp3) is 0.900. The highest BCUT2D eigenvalue weighted by atomic mass is 16.5. The van der Waals surface area contributed by atoms with Gasteiger partial charge in [0.1, 0.15) is 6.10 Å². The Kier molecular flexibility index (Phi) is 6.47. The van der Waals surface area contributed by atoms with Gasteiger partial charge in [-0.1, -0.05) is 0 Å². The van der Waals surface area contributed by atoms with Gasteiger partial charge in [-0.3, -0.25) is 4.79 Å². The molecular formula is C10H22N2O3. The van der Waals surface area contributed by atoms with Crippen LogP contribution in [0.25, 0.3) is 0 Å². The Morgan fingerprint density at radius 2 is 2.13 bits per heavy atom. The molecule has 0 spiro atoms. The summed E-state index contributed by atoms with van der Waals surface area (Å²) in [7, 11) is 1.59. The van der Waals surface area contributed by atoms with Crippen molar-refractivity contribution < 1.29 is 14.3 Å². The van der Waals surface area contributed by atoms with Crippen LogP contribution in [-0.4, -0.2) is 44.4 Å². The van der Waals surface area contributed by atoms with Gasteiger partial charge in [-0.2, -0.15) is 0 Å².